The average molecular weight is 705 g/mol. The van der Waals surface area contributed by atoms with E-state index in [-0.39, 0.29) is 35.2 Å². The highest BCUT2D eigenvalue weighted by atomic mass is 35.5. The minimum Gasteiger partial charge on any atom is -0.459 e. The number of hydrazone groups is 1. The third-order valence-electron chi connectivity index (χ3n) is 7.24. The van der Waals surface area contributed by atoms with Crippen LogP contribution >= 0.6 is 11.6 Å². The second kappa shape index (κ2) is 16.0. The summed E-state index contributed by atoms with van der Waals surface area (Å²) in [6.07, 6.45) is 1.67. The van der Waals surface area contributed by atoms with Gasteiger partial charge >= 0.3 is 0 Å². The van der Waals surface area contributed by atoms with Crippen LogP contribution in [0.5, 0.6) is 0 Å². The third-order valence-corrected chi connectivity index (χ3v) is 11.2. The van der Waals surface area contributed by atoms with Gasteiger partial charge in [-0.25, -0.2) is 22.3 Å². The van der Waals surface area contributed by atoms with E-state index in [4.69, 9.17) is 16.0 Å². The topological polar surface area (TPSA) is 129 Å². The number of halogens is 1. The summed E-state index contributed by atoms with van der Waals surface area (Å²) < 4.78 is 62.2. The van der Waals surface area contributed by atoms with Gasteiger partial charge in [0.2, 0.25) is 20.0 Å². The predicted octanol–water partition coefficient (Wildman–Crippen LogP) is 5.71. The van der Waals surface area contributed by atoms with Crippen molar-refractivity contribution in [3.63, 3.8) is 0 Å². The molecular weight excluding hydrogens is 672 g/mol. The maximum absolute atomic E-state index is 13.6. The summed E-state index contributed by atoms with van der Waals surface area (Å²) in [7, 11) is -7.86. The Balaban J connectivity index is 1.26. The molecule has 4 aromatic carbocycles. The first-order chi connectivity index (χ1) is 23.1. The lowest BCUT2D eigenvalue weighted by Gasteiger charge is -2.21. The molecule has 1 heterocycles. The molecule has 0 fully saturated rings. The van der Waals surface area contributed by atoms with Crippen LogP contribution in [0.15, 0.2) is 147 Å². The van der Waals surface area contributed by atoms with Crippen LogP contribution in [0.1, 0.15) is 22.6 Å². The summed E-state index contributed by atoms with van der Waals surface area (Å²) in [5, 5.41) is 4.49. The lowest BCUT2D eigenvalue weighted by Crippen LogP contribution is -2.40. The molecule has 5 rings (SSSR count). The molecule has 48 heavy (non-hydrogen) atoms. The monoisotopic (exact) mass is 704 g/mol. The van der Waals surface area contributed by atoms with Gasteiger partial charge in [0.1, 0.15) is 11.5 Å². The zero-order chi connectivity index (χ0) is 34.0. The molecule has 1 aromatic heterocycles. The number of hydrogen-bond acceptors (Lipinski definition) is 7. The SMILES string of the molecule is O=C(CN(CCc1ccccc1)S(=O)(=O)c1ccccc1)N/N=C\c1ccc(CN(Cc2ccc(Cl)cc2)S(=O)(=O)c2ccccc2)o1. The molecule has 0 aliphatic heterocycles. The maximum Gasteiger partial charge on any atom is 0.255 e. The van der Waals surface area contributed by atoms with E-state index in [2.05, 4.69) is 10.5 Å². The van der Waals surface area contributed by atoms with Crippen LogP contribution in [0.25, 0.3) is 0 Å². The maximum atomic E-state index is 13.6. The van der Waals surface area contributed by atoms with Gasteiger partial charge in [0.15, 0.2) is 0 Å². The molecule has 248 valence electrons. The van der Waals surface area contributed by atoms with Gasteiger partial charge < -0.3 is 4.42 Å². The van der Waals surface area contributed by atoms with Gasteiger partial charge in [-0.2, -0.15) is 13.7 Å². The van der Waals surface area contributed by atoms with Gasteiger partial charge in [0, 0.05) is 18.1 Å². The van der Waals surface area contributed by atoms with Crippen molar-refractivity contribution in [3.05, 3.63) is 155 Å². The molecule has 0 aliphatic carbocycles. The highest BCUT2D eigenvalue weighted by Gasteiger charge is 2.27. The molecule has 5 aromatic rings. The number of furan rings is 1. The van der Waals surface area contributed by atoms with Crippen molar-refractivity contribution in [2.45, 2.75) is 29.3 Å². The van der Waals surface area contributed by atoms with Gasteiger partial charge in [0.25, 0.3) is 5.91 Å². The Kier molecular flexibility index (Phi) is 11.6. The van der Waals surface area contributed by atoms with Gasteiger partial charge in [-0.3, -0.25) is 4.79 Å². The zero-order valence-electron chi connectivity index (χ0n) is 25.7. The molecular formula is C35H33ClN4O6S2. The largest absolute Gasteiger partial charge is 0.459 e. The Hall–Kier alpha value is -4.59. The van der Waals surface area contributed by atoms with E-state index in [1.807, 2.05) is 30.3 Å². The molecule has 0 aliphatic rings. The Morgan fingerprint density at radius 3 is 1.85 bits per heavy atom. The second-order valence-electron chi connectivity index (χ2n) is 10.7. The smallest absolute Gasteiger partial charge is 0.255 e. The number of carbonyl (C=O) groups is 1. The fourth-order valence-electron chi connectivity index (χ4n) is 4.77. The molecule has 0 unspecified atom stereocenters. The van der Waals surface area contributed by atoms with E-state index in [0.717, 1.165) is 15.4 Å². The average Bonchev–Trinajstić information content (AvgIpc) is 3.55. The number of nitrogens with one attached hydrogen (secondary N) is 1. The third kappa shape index (κ3) is 9.27. The van der Waals surface area contributed by atoms with Gasteiger partial charge in [-0.1, -0.05) is 90.5 Å². The molecule has 0 saturated carbocycles. The Morgan fingerprint density at radius 2 is 1.25 bits per heavy atom. The number of amides is 1. The van der Waals surface area contributed by atoms with Crippen LogP contribution in [0, 0.1) is 0 Å². The lowest BCUT2D eigenvalue weighted by molar-refractivity contribution is -0.121. The number of rotatable bonds is 15. The van der Waals surface area contributed by atoms with Gasteiger partial charge in [-0.15, -0.1) is 0 Å². The number of carbonyl (C=O) groups excluding carboxylic acids is 1. The van der Waals surface area contributed by atoms with Gasteiger partial charge in [-0.05, 0) is 66.1 Å². The van der Waals surface area contributed by atoms with Crippen molar-refractivity contribution in [3.8, 4) is 0 Å². The summed E-state index contributed by atoms with van der Waals surface area (Å²) in [6, 6.07) is 35.5. The highest BCUT2D eigenvalue weighted by molar-refractivity contribution is 7.89. The van der Waals surface area contributed by atoms with E-state index in [9.17, 15) is 21.6 Å². The minimum atomic E-state index is -3.97. The molecule has 1 amide bonds. The van der Waals surface area contributed by atoms with E-state index >= 15 is 0 Å². The lowest BCUT2D eigenvalue weighted by atomic mass is 10.1. The predicted molar refractivity (Wildman–Crippen MR) is 184 cm³/mol. The molecule has 13 heteroatoms. The van der Waals surface area contributed by atoms with Crippen LogP contribution < -0.4 is 5.43 Å². The molecule has 0 atom stereocenters. The van der Waals surface area contributed by atoms with Crippen LogP contribution in [0.4, 0.5) is 0 Å². The summed E-state index contributed by atoms with van der Waals surface area (Å²) in [4.78, 5) is 13.1. The van der Waals surface area contributed by atoms with Crippen molar-refractivity contribution >= 4 is 43.8 Å². The molecule has 0 bridgehead atoms. The quantitative estimate of drug-likeness (QED) is 0.110. The fourth-order valence-corrected chi connectivity index (χ4v) is 7.73. The van der Waals surface area contributed by atoms with Crippen LogP contribution in [0.2, 0.25) is 5.02 Å². The second-order valence-corrected chi connectivity index (χ2v) is 15.0. The van der Waals surface area contributed by atoms with Crippen LogP contribution in [-0.2, 0) is 44.4 Å². The first kappa shape index (κ1) is 34.7. The van der Waals surface area contributed by atoms with Gasteiger partial charge in [0.05, 0.1) is 29.1 Å². The van der Waals surface area contributed by atoms with E-state index in [1.54, 1.807) is 72.8 Å². The van der Waals surface area contributed by atoms with Crippen molar-refractivity contribution in [2.24, 2.45) is 5.10 Å². The van der Waals surface area contributed by atoms with E-state index in [1.165, 1.54) is 34.8 Å². The summed E-state index contributed by atoms with van der Waals surface area (Å²) in [5.74, 6) is -0.0438. The molecule has 1 N–H and O–H groups in total. The highest BCUT2D eigenvalue weighted by Crippen LogP contribution is 2.23. The number of hydrogen-bond donors (Lipinski definition) is 1. The van der Waals surface area contributed by atoms with Crippen molar-refractivity contribution in [1.82, 2.24) is 14.0 Å². The Morgan fingerprint density at radius 1 is 0.688 bits per heavy atom. The van der Waals surface area contributed by atoms with Crippen LogP contribution in [-0.4, -0.2) is 50.7 Å². The van der Waals surface area contributed by atoms with E-state index in [0.29, 0.717) is 17.2 Å². The van der Waals surface area contributed by atoms with Crippen LogP contribution in [0.3, 0.4) is 0 Å². The number of sulfonamides is 2. The van der Waals surface area contributed by atoms with Crippen molar-refractivity contribution < 1.29 is 26.0 Å². The standard InChI is InChI=1S/C35H33ClN4O6S2/c36-30-18-16-29(17-19-30)25-40(48(44,45)34-14-8-3-9-15-34)26-32-21-20-31(46-32)24-37-38-35(41)27-39(23-22-28-10-4-1-5-11-28)47(42,43)33-12-6-2-7-13-33/h1-21,24H,22-23,25-27H2,(H,38,41)/b37-24-. The molecule has 10 nitrogen and oxygen atoms in total. The zero-order valence-corrected chi connectivity index (χ0v) is 28.1. The minimum absolute atomic E-state index is 0.0707. The first-order valence-electron chi connectivity index (χ1n) is 14.9. The molecule has 0 spiro atoms. The normalized spacial score (nSPS) is 12.1. The number of nitrogens with zero attached hydrogens (tertiary/aromatic N) is 3. The Labute approximate surface area is 285 Å². The summed E-state index contributed by atoms with van der Waals surface area (Å²) in [6.45, 7) is -0.380. The number of benzene rings is 4. The fraction of sp³-hybridized carbons (Fsp3) is 0.143. The molecule has 0 radical (unpaired) electrons. The van der Waals surface area contributed by atoms with Crippen molar-refractivity contribution in [2.75, 3.05) is 13.1 Å². The van der Waals surface area contributed by atoms with Crippen molar-refractivity contribution in [1.29, 1.82) is 0 Å². The molecule has 0 saturated heterocycles. The van der Waals surface area contributed by atoms with E-state index < -0.39 is 32.5 Å². The summed E-state index contributed by atoms with van der Waals surface area (Å²) in [5.41, 5.74) is 4.03. The Bertz CT molecular complexity index is 2040. The summed E-state index contributed by atoms with van der Waals surface area (Å²) >= 11 is 6.02. The first-order valence-corrected chi connectivity index (χ1v) is 18.2.